The molecule has 1 aromatic heterocycles. The lowest BCUT2D eigenvalue weighted by Gasteiger charge is -2.24. The molecule has 1 aliphatic heterocycles. The van der Waals surface area contributed by atoms with Crippen molar-refractivity contribution in [1.82, 2.24) is 15.3 Å². The number of halogens is 1. The lowest BCUT2D eigenvalue weighted by atomic mass is 9.89. The summed E-state index contributed by atoms with van der Waals surface area (Å²) in [6.45, 7) is 6.23. The molecule has 2 rings (SSSR count). The fourth-order valence-corrected chi connectivity index (χ4v) is 2.74. The van der Waals surface area contributed by atoms with Crippen LogP contribution in [0, 0.1) is 5.41 Å². The van der Waals surface area contributed by atoms with Crippen LogP contribution < -0.4 is 15.5 Å². The quantitative estimate of drug-likeness (QED) is 0.869. The SMILES string of the molecule is CCCNc1ncc(Cl)c(N2CCC(C)(C(=O)NC)C2)n1. The number of rotatable bonds is 5. The minimum atomic E-state index is -0.403. The number of amides is 1. The van der Waals surface area contributed by atoms with E-state index in [0.29, 0.717) is 23.3 Å². The molecule has 1 saturated heterocycles. The molecule has 2 heterocycles. The molecule has 0 radical (unpaired) electrons. The van der Waals surface area contributed by atoms with Crippen molar-refractivity contribution in [2.75, 3.05) is 36.9 Å². The second-order valence-corrected chi connectivity index (χ2v) is 6.01. The van der Waals surface area contributed by atoms with Crippen molar-refractivity contribution in [2.24, 2.45) is 5.41 Å². The number of hydrogen-bond acceptors (Lipinski definition) is 5. The molecule has 1 aromatic rings. The third kappa shape index (κ3) is 3.37. The zero-order valence-electron chi connectivity index (χ0n) is 12.7. The summed E-state index contributed by atoms with van der Waals surface area (Å²) in [5, 5.41) is 6.40. The molecule has 1 fully saturated rings. The summed E-state index contributed by atoms with van der Waals surface area (Å²) in [4.78, 5) is 22.7. The first-order chi connectivity index (χ1) is 10.00. The van der Waals surface area contributed by atoms with Crippen molar-refractivity contribution in [1.29, 1.82) is 0 Å². The average Bonchev–Trinajstić information content (AvgIpc) is 2.89. The van der Waals surface area contributed by atoms with Crippen molar-refractivity contribution in [3.8, 4) is 0 Å². The molecule has 0 saturated carbocycles. The van der Waals surface area contributed by atoms with Gasteiger partial charge in [-0.25, -0.2) is 4.98 Å². The van der Waals surface area contributed by atoms with E-state index in [-0.39, 0.29) is 5.91 Å². The smallest absolute Gasteiger partial charge is 0.227 e. The van der Waals surface area contributed by atoms with Crippen LogP contribution in [0.4, 0.5) is 11.8 Å². The highest BCUT2D eigenvalue weighted by Crippen LogP contribution is 2.35. The average molecular weight is 312 g/mol. The van der Waals surface area contributed by atoms with Gasteiger partial charge in [-0.05, 0) is 19.8 Å². The molecule has 0 aromatic carbocycles. The lowest BCUT2D eigenvalue weighted by molar-refractivity contribution is -0.128. The van der Waals surface area contributed by atoms with Gasteiger partial charge in [0.25, 0.3) is 0 Å². The Balaban J connectivity index is 2.17. The Morgan fingerprint density at radius 2 is 2.33 bits per heavy atom. The molecule has 116 valence electrons. The zero-order chi connectivity index (χ0) is 15.5. The predicted octanol–water partition coefficient (Wildman–Crippen LogP) is 1.91. The van der Waals surface area contributed by atoms with Crippen LogP contribution in [-0.2, 0) is 4.79 Å². The van der Waals surface area contributed by atoms with E-state index in [1.165, 1.54) is 0 Å². The second-order valence-electron chi connectivity index (χ2n) is 5.60. The Morgan fingerprint density at radius 1 is 1.57 bits per heavy atom. The fourth-order valence-electron chi connectivity index (χ4n) is 2.53. The van der Waals surface area contributed by atoms with Crippen molar-refractivity contribution < 1.29 is 4.79 Å². The predicted molar refractivity (Wildman–Crippen MR) is 84.8 cm³/mol. The normalized spacial score (nSPS) is 21.4. The Labute approximate surface area is 130 Å². The van der Waals surface area contributed by atoms with Crippen LogP contribution in [-0.4, -0.2) is 42.6 Å². The molecule has 1 atom stereocenters. The van der Waals surface area contributed by atoms with Crippen LogP contribution in [0.1, 0.15) is 26.7 Å². The highest BCUT2D eigenvalue weighted by Gasteiger charge is 2.40. The standard InChI is InChI=1S/C14H22ClN5O/c1-4-6-17-13-18-8-10(15)11(19-13)20-7-5-14(2,9-20)12(21)16-3/h8H,4-7,9H2,1-3H3,(H,16,21)(H,17,18,19). The Morgan fingerprint density at radius 3 is 3.00 bits per heavy atom. The topological polar surface area (TPSA) is 70.2 Å². The van der Waals surface area contributed by atoms with Gasteiger partial charge in [-0.15, -0.1) is 0 Å². The van der Waals surface area contributed by atoms with Crippen LogP contribution in [0.3, 0.4) is 0 Å². The van der Waals surface area contributed by atoms with E-state index < -0.39 is 5.41 Å². The molecule has 21 heavy (non-hydrogen) atoms. The van der Waals surface area contributed by atoms with Gasteiger partial charge >= 0.3 is 0 Å². The third-order valence-electron chi connectivity index (χ3n) is 3.81. The molecule has 1 aliphatic rings. The maximum Gasteiger partial charge on any atom is 0.227 e. The summed E-state index contributed by atoms with van der Waals surface area (Å²) in [7, 11) is 1.67. The maximum atomic E-state index is 12.0. The van der Waals surface area contributed by atoms with E-state index in [9.17, 15) is 4.79 Å². The number of nitrogens with one attached hydrogen (secondary N) is 2. The van der Waals surface area contributed by atoms with Gasteiger partial charge in [0.2, 0.25) is 11.9 Å². The van der Waals surface area contributed by atoms with Gasteiger partial charge in [0.05, 0.1) is 11.6 Å². The van der Waals surface area contributed by atoms with Gasteiger partial charge in [-0.3, -0.25) is 4.79 Å². The van der Waals surface area contributed by atoms with E-state index in [0.717, 1.165) is 25.9 Å². The van der Waals surface area contributed by atoms with Gasteiger partial charge in [0.1, 0.15) is 5.02 Å². The number of carbonyl (C=O) groups excluding carboxylic acids is 1. The van der Waals surface area contributed by atoms with Crippen LogP contribution in [0.15, 0.2) is 6.20 Å². The van der Waals surface area contributed by atoms with Gasteiger partial charge < -0.3 is 15.5 Å². The summed E-state index contributed by atoms with van der Waals surface area (Å²) < 4.78 is 0. The highest BCUT2D eigenvalue weighted by molar-refractivity contribution is 6.32. The fraction of sp³-hybridized carbons (Fsp3) is 0.643. The van der Waals surface area contributed by atoms with Crippen LogP contribution in [0.25, 0.3) is 0 Å². The molecular formula is C14H22ClN5O. The first-order valence-corrected chi connectivity index (χ1v) is 7.61. The van der Waals surface area contributed by atoms with E-state index in [4.69, 9.17) is 11.6 Å². The van der Waals surface area contributed by atoms with Gasteiger partial charge in [0.15, 0.2) is 5.82 Å². The van der Waals surface area contributed by atoms with Crippen molar-refractivity contribution >= 4 is 29.3 Å². The molecule has 2 N–H and O–H groups in total. The largest absolute Gasteiger partial charge is 0.359 e. The summed E-state index contributed by atoms with van der Waals surface area (Å²) in [5.74, 6) is 1.32. The lowest BCUT2D eigenvalue weighted by Crippen LogP contribution is -2.39. The van der Waals surface area contributed by atoms with E-state index in [1.54, 1.807) is 13.2 Å². The van der Waals surface area contributed by atoms with Crippen molar-refractivity contribution in [3.05, 3.63) is 11.2 Å². The molecule has 1 unspecified atom stereocenters. The first-order valence-electron chi connectivity index (χ1n) is 7.23. The minimum absolute atomic E-state index is 0.0551. The monoisotopic (exact) mass is 311 g/mol. The molecule has 1 amide bonds. The number of hydrogen-bond donors (Lipinski definition) is 2. The van der Waals surface area contributed by atoms with Crippen molar-refractivity contribution in [3.63, 3.8) is 0 Å². The number of anilines is 2. The number of aromatic nitrogens is 2. The van der Waals surface area contributed by atoms with E-state index in [1.807, 2.05) is 6.92 Å². The van der Waals surface area contributed by atoms with Crippen LogP contribution >= 0.6 is 11.6 Å². The third-order valence-corrected chi connectivity index (χ3v) is 4.07. The van der Waals surface area contributed by atoms with E-state index in [2.05, 4.69) is 32.4 Å². The Hall–Kier alpha value is -1.56. The van der Waals surface area contributed by atoms with E-state index >= 15 is 0 Å². The highest BCUT2D eigenvalue weighted by atomic mass is 35.5. The Bertz CT molecular complexity index is 524. The number of nitrogens with zero attached hydrogens (tertiary/aromatic N) is 3. The summed E-state index contributed by atoms with van der Waals surface area (Å²) in [5.41, 5.74) is -0.403. The molecule has 6 nitrogen and oxygen atoms in total. The van der Waals surface area contributed by atoms with Crippen LogP contribution in [0.2, 0.25) is 5.02 Å². The van der Waals surface area contributed by atoms with Gasteiger partial charge in [-0.1, -0.05) is 18.5 Å². The summed E-state index contributed by atoms with van der Waals surface area (Å²) >= 11 is 6.22. The maximum absolute atomic E-state index is 12.0. The molecular weight excluding hydrogens is 290 g/mol. The van der Waals surface area contributed by atoms with Crippen molar-refractivity contribution in [2.45, 2.75) is 26.7 Å². The molecule has 0 spiro atoms. The first kappa shape index (κ1) is 15.8. The molecule has 0 aliphatic carbocycles. The molecule has 7 heteroatoms. The zero-order valence-corrected chi connectivity index (χ0v) is 13.5. The van der Waals surface area contributed by atoms with Crippen LogP contribution in [0.5, 0.6) is 0 Å². The molecule has 0 bridgehead atoms. The van der Waals surface area contributed by atoms with Gasteiger partial charge in [-0.2, -0.15) is 4.98 Å². The Kier molecular flexibility index (Phi) is 4.88. The number of carbonyl (C=O) groups is 1. The van der Waals surface area contributed by atoms with Gasteiger partial charge in [0, 0.05) is 26.7 Å². The summed E-state index contributed by atoms with van der Waals surface area (Å²) in [6, 6.07) is 0. The summed E-state index contributed by atoms with van der Waals surface area (Å²) in [6.07, 6.45) is 3.39. The minimum Gasteiger partial charge on any atom is -0.359 e. The second kappa shape index (κ2) is 6.47.